The normalized spacial score (nSPS) is 38.5. The minimum Gasteiger partial charge on any atom is -0.394 e. The molecular formula is C18H38N4O3+2. The summed E-state index contributed by atoms with van der Waals surface area (Å²) in [5.74, 6) is 0. The Kier molecular flexibility index (Phi) is 7.08. The van der Waals surface area contributed by atoms with Crippen molar-refractivity contribution in [2.75, 3.05) is 45.9 Å². The Hall–Kier alpha value is -0.280. The topological polar surface area (TPSA) is 89.4 Å². The molecule has 6 N–H and O–H groups in total. The summed E-state index contributed by atoms with van der Waals surface area (Å²) in [6, 6.07) is 0.512. The first-order valence-electron chi connectivity index (χ1n) is 10.2. The number of piperazine rings is 1. The van der Waals surface area contributed by atoms with Crippen LogP contribution >= 0.6 is 0 Å². The van der Waals surface area contributed by atoms with E-state index in [1.165, 1.54) is 25.8 Å². The number of hydrogen-bond acceptors (Lipinski definition) is 5. The van der Waals surface area contributed by atoms with E-state index in [0.29, 0.717) is 12.2 Å². The van der Waals surface area contributed by atoms with Crippen LogP contribution in [-0.4, -0.2) is 102 Å². The van der Waals surface area contributed by atoms with Gasteiger partial charge in [-0.2, -0.15) is 0 Å². The molecule has 3 fully saturated rings. The van der Waals surface area contributed by atoms with Crippen LogP contribution in [0.25, 0.3) is 0 Å². The van der Waals surface area contributed by atoms with Crippen LogP contribution in [0.5, 0.6) is 0 Å². The summed E-state index contributed by atoms with van der Waals surface area (Å²) in [5.41, 5.74) is 0. The summed E-state index contributed by atoms with van der Waals surface area (Å²) in [6.45, 7) is 10.4. The van der Waals surface area contributed by atoms with Crippen LogP contribution < -0.4 is 10.6 Å². The lowest BCUT2D eigenvalue weighted by Gasteiger charge is -2.42. The molecule has 3 rings (SSSR count). The zero-order valence-electron chi connectivity index (χ0n) is 15.9. The first kappa shape index (κ1) is 19.5. The van der Waals surface area contributed by atoms with Crippen molar-refractivity contribution in [3.63, 3.8) is 0 Å². The van der Waals surface area contributed by atoms with Gasteiger partial charge in [-0.05, 0) is 26.7 Å². The third-order valence-corrected chi connectivity index (χ3v) is 6.11. The Bertz CT molecular complexity index is 398. The number of hydrogen-bond donors (Lipinski definition) is 4. The van der Waals surface area contributed by atoms with Gasteiger partial charge in [0.15, 0.2) is 0 Å². The second-order valence-corrected chi connectivity index (χ2v) is 8.25. The first-order valence-corrected chi connectivity index (χ1v) is 10.2. The van der Waals surface area contributed by atoms with Crippen LogP contribution in [0.2, 0.25) is 0 Å². The average molecular weight is 359 g/mol. The molecular weight excluding hydrogens is 320 g/mol. The zero-order chi connectivity index (χ0) is 17.8. The largest absolute Gasteiger partial charge is 0.394 e. The molecule has 0 radical (unpaired) electrons. The number of aliphatic hydroxyl groups excluding tert-OH is 2. The fourth-order valence-electron chi connectivity index (χ4n) is 4.65. The third-order valence-electron chi connectivity index (χ3n) is 6.11. The van der Waals surface area contributed by atoms with Gasteiger partial charge in [0.2, 0.25) is 0 Å². The second-order valence-electron chi connectivity index (χ2n) is 8.25. The predicted octanol–water partition coefficient (Wildman–Crippen LogP) is -2.86. The van der Waals surface area contributed by atoms with Crippen molar-refractivity contribution in [3.05, 3.63) is 0 Å². The molecule has 0 spiro atoms. The van der Waals surface area contributed by atoms with E-state index in [-0.39, 0.29) is 18.8 Å². The molecule has 0 amide bonds. The minimum atomic E-state index is -0.594. The van der Waals surface area contributed by atoms with Gasteiger partial charge >= 0.3 is 0 Å². The van der Waals surface area contributed by atoms with Crippen molar-refractivity contribution >= 4 is 0 Å². The highest BCUT2D eigenvalue weighted by Crippen LogP contribution is 2.26. The van der Waals surface area contributed by atoms with E-state index >= 15 is 0 Å². The molecule has 25 heavy (non-hydrogen) atoms. The van der Waals surface area contributed by atoms with Gasteiger partial charge in [-0.25, -0.2) is 0 Å². The molecule has 3 aliphatic rings. The highest BCUT2D eigenvalue weighted by atomic mass is 16.5. The van der Waals surface area contributed by atoms with Gasteiger partial charge < -0.3 is 25.6 Å². The van der Waals surface area contributed by atoms with Gasteiger partial charge in [0, 0.05) is 32.6 Å². The molecule has 0 bridgehead atoms. The Balaban J connectivity index is 1.56. The number of piperidine rings is 1. The Morgan fingerprint density at radius 3 is 2.44 bits per heavy atom. The number of ether oxygens (including phenoxy) is 1. The molecule has 146 valence electrons. The van der Waals surface area contributed by atoms with Crippen molar-refractivity contribution in [1.82, 2.24) is 9.80 Å². The molecule has 0 aliphatic carbocycles. The van der Waals surface area contributed by atoms with E-state index in [1.807, 2.05) is 0 Å². The summed E-state index contributed by atoms with van der Waals surface area (Å²) in [7, 11) is 0. The summed E-state index contributed by atoms with van der Waals surface area (Å²) in [4.78, 5) is 5.01. The lowest BCUT2D eigenvalue weighted by atomic mass is 10.0. The van der Waals surface area contributed by atoms with Gasteiger partial charge in [-0.1, -0.05) is 0 Å². The van der Waals surface area contributed by atoms with E-state index < -0.39 is 12.2 Å². The molecule has 0 saturated carbocycles. The minimum absolute atomic E-state index is 0.00429. The van der Waals surface area contributed by atoms with Crippen LogP contribution in [0.3, 0.4) is 0 Å². The van der Waals surface area contributed by atoms with Gasteiger partial charge in [-0.15, -0.1) is 0 Å². The zero-order valence-corrected chi connectivity index (χ0v) is 15.9. The maximum absolute atomic E-state index is 10.7. The van der Waals surface area contributed by atoms with E-state index in [2.05, 4.69) is 34.3 Å². The Labute approximate surface area is 151 Å². The van der Waals surface area contributed by atoms with E-state index in [1.54, 1.807) is 0 Å². The molecule has 3 aliphatic heterocycles. The van der Waals surface area contributed by atoms with Gasteiger partial charge in [0.05, 0.1) is 25.2 Å². The summed E-state index contributed by atoms with van der Waals surface area (Å²) in [6.07, 6.45) is 3.59. The lowest BCUT2D eigenvalue weighted by Crippen LogP contribution is -2.95. The maximum atomic E-state index is 10.7. The van der Waals surface area contributed by atoms with Crippen LogP contribution in [0.4, 0.5) is 0 Å². The predicted molar refractivity (Wildman–Crippen MR) is 95.0 cm³/mol. The maximum Gasteiger partial charge on any atom is 0.142 e. The SMILES string of the molecule is CC(C)[NH2+]C[C@@H]1O[C@@H](CO)[C@@H](O)[C@H]1N1CCN(C2CCCC[NH2+]2)CC1. The number of nitrogens with zero attached hydrogens (tertiary/aromatic N) is 2. The molecule has 3 heterocycles. The molecule has 7 nitrogen and oxygen atoms in total. The highest BCUT2D eigenvalue weighted by Gasteiger charge is 2.47. The first-order chi connectivity index (χ1) is 12.1. The van der Waals surface area contributed by atoms with E-state index in [9.17, 15) is 10.2 Å². The molecule has 0 aromatic carbocycles. The highest BCUT2D eigenvalue weighted by molar-refractivity contribution is 4.98. The number of rotatable bonds is 6. The molecule has 0 aromatic heterocycles. The fourth-order valence-corrected chi connectivity index (χ4v) is 4.65. The smallest absolute Gasteiger partial charge is 0.142 e. The van der Waals surface area contributed by atoms with Gasteiger partial charge in [-0.3, -0.25) is 9.80 Å². The van der Waals surface area contributed by atoms with Crippen molar-refractivity contribution in [2.24, 2.45) is 0 Å². The van der Waals surface area contributed by atoms with E-state index in [4.69, 9.17) is 4.74 Å². The quantitative estimate of drug-likeness (QED) is 0.410. The van der Waals surface area contributed by atoms with Gasteiger partial charge in [0.25, 0.3) is 0 Å². The lowest BCUT2D eigenvalue weighted by molar-refractivity contribution is -0.717. The summed E-state index contributed by atoms with van der Waals surface area (Å²) < 4.78 is 5.99. The third kappa shape index (κ3) is 4.71. The van der Waals surface area contributed by atoms with Crippen LogP contribution in [0, 0.1) is 0 Å². The summed E-state index contributed by atoms with van der Waals surface area (Å²) >= 11 is 0. The van der Waals surface area contributed by atoms with Gasteiger partial charge in [0.1, 0.15) is 31.0 Å². The molecule has 1 unspecified atom stereocenters. The standard InChI is InChI=1S/C18H36N4O3/c1-13(2)20-11-14-17(18(24)15(12-23)25-14)22-9-7-21(8-10-22)16-5-3-4-6-19-16/h13-20,23-24H,3-12H2,1-2H3/p+2/t14-,15-,16?,17-,18+/m0/s1. The fraction of sp³-hybridized carbons (Fsp3) is 1.00. The van der Waals surface area contributed by atoms with Crippen molar-refractivity contribution < 1.29 is 25.6 Å². The van der Waals surface area contributed by atoms with Crippen LogP contribution in [0.15, 0.2) is 0 Å². The molecule has 7 heteroatoms. The Morgan fingerprint density at radius 1 is 1.12 bits per heavy atom. The monoisotopic (exact) mass is 358 g/mol. The number of aliphatic hydroxyl groups is 2. The molecule has 0 aromatic rings. The number of quaternary nitrogens is 2. The Morgan fingerprint density at radius 2 is 1.84 bits per heavy atom. The number of nitrogens with two attached hydrogens (primary N) is 2. The van der Waals surface area contributed by atoms with E-state index in [0.717, 1.165) is 32.7 Å². The van der Waals surface area contributed by atoms with Crippen LogP contribution in [0.1, 0.15) is 33.1 Å². The summed E-state index contributed by atoms with van der Waals surface area (Å²) in [5, 5.41) is 25.0. The van der Waals surface area contributed by atoms with Crippen molar-refractivity contribution in [1.29, 1.82) is 0 Å². The molecule has 3 saturated heterocycles. The van der Waals surface area contributed by atoms with Crippen LogP contribution in [-0.2, 0) is 4.74 Å². The van der Waals surface area contributed by atoms with Crippen molar-refractivity contribution in [3.8, 4) is 0 Å². The van der Waals surface area contributed by atoms with Crippen molar-refractivity contribution in [2.45, 2.75) is 69.7 Å². The average Bonchev–Trinajstić information content (AvgIpc) is 2.96. The molecule has 5 atom stereocenters. The second kappa shape index (κ2) is 9.08.